The summed E-state index contributed by atoms with van der Waals surface area (Å²) in [5, 5.41) is 0. The van der Waals surface area contributed by atoms with Gasteiger partial charge in [0.2, 0.25) is 0 Å². The Labute approximate surface area is 191 Å². The van der Waals surface area contributed by atoms with E-state index in [0.29, 0.717) is 19.3 Å². The van der Waals surface area contributed by atoms with Gasteiger partial charge in [-0.2, -0.15) is 26.3 Å². The van der Waals surface area contributed by atoms with Crippen LogP contribution in [-0.4, -0.2) is 36.0 Å². The van der Waals surface area contributed by atoms with Crippen LogP contribution in [0, 0.1) is 10.8 Å². The summed E-state index contributed by atoms with van der Waals surface area (Å²) < 4.78 is 87.1. The van der Waals surface area contributed by atoms with Crippen LogP contribution >= 0.6 is 0 Å². The van der Waals surface area contributed by atoms with Gasteiger partial charge in [0.25, 0.3) is 6.10 Å². The fourth-order valence-electron chi connectivity index (χ4n) is 4.37. The van der Waals surface area contributed by atoms with Crippen molar-refractivity contribution in [2.24, 2.45) is 10.8 Å². The molecule has 0 aliphatic heterocycles. The number of carbonyl (C=O) groups excluding carboxylic acids is 2. The topological polar surface area (TPSA) is 52.6 Å². The molecule has 33 heavy (non-hydrogen) atoms. The van der Waals surface area contributed by atoms with E-state index in [9.17, 15) is 35.9 Å². The van der Waals surface area contributed by atoms with E-state index in [1.165, 1.54) is 27.7 Å². The van der Waals surface area contributed by atoms with Gasteiger partial charge in [0.15, 0.2) is 0 Å². The van der Waals surface area contributed by atoms with Crippen LogP contribution in [0.25, 0.3) is 0 Å². The van der Waals surface area contributed by atoms with Crippen molar-refractivity contribution in [3.8, 4) is 0 Å². The Morgan fingerprint density at radius 3 is 1.67 bits per heavy atom. The van der Waals surface area contributed by atoms with Crippen molar-refractivity contribution >= 4 is 11.9 Å². The van der Waals surface area contributed by atoms with Gasteiger partial charge in [-0.3, -0.25) is 9.59 Å². The van der Waals surface area contributed by atoms with Crippen LogP contribution in [-0.2, 0) is 19.1 Å². The number of rotatable bonds is 8. The first-order valence-electron chi connectivity index (χ1n) is 11.5. The van der Waals surface area contributed by atoms with Gasteiger partial charge in [-0.05, 0) is 65.7 Å². The zero-order valence-electron chi connectivity index (χ0n) is 20.0. The maximum absolute atomic E-state index is 13.1. The molecule has 1 unspecified atom stereocenters. The third kappa shape index (κ3) is 8.05. The minimum Gasteiger partial charge on any atom is -0.459 e. The van der Waals surface area contributed by atoms with Crippen LogP contribution < -0.4 is 0 Å². The first-order chi connectivity index (χ1) is 14.9. The number of hydrogen-bond acceptors (Lipinski definition) is 4. The third-order valence-electron chi connectivity index (χ3n) is 6.70. The largest absolute Gasteiger partial charge is 0.459 e. The maximum Gasteiger partial charge on any atom is 0.434 e. The molecule has 10 heteroatoms. The van der Waals surface area contributed by atoms with Crippen molar-refractivity contribution in [3.05, 3.63) is 0 Å². The number of ether oxygens (including phenoxy) is 2. The summed E-state index contributed by atoms with van der Waals surface area (Å²) >= 11 is 0. The molecule has 0 N–H and O–H groups in total. The third-order valence-corrected chi connectivity index (χ3v) is 6.70. The minimum atomic E-state index is -5.80. The Morgan fingerprint density at radius 2 is 1.27 bits per heavy atom. The van der Waals surface area contributed by atoms with Crippen molar-refractivity contribution in [1.82, 2.24) is 0 Å². The summed E-state index contributed by atoms with van der Waals surface area (Å²) in [4.78, 5) is 25.6. The Bertz CT molecular complexity index is 649. The molecule has 0 saturated heterocycles. The smallest absolute Gasteiger partial charge is 0.434 e. The van der Waals surface area contributed by atoms with Crippen LogP contribution in [0.2, 0.25) is 0 Å². The van der Waals surface area contributed by atoms with Crippen LogP contribution in [0.4, 0.5) is 26.3 Å². The van der Waals surface area contributed by atoms with Crippen LogP contribution in [0.5, 0.6) is 0 Å². The minimum absolute atomic E-state index is 0.121. The number of halogens is 6. The zero-order valence-corrected chi connectivity index (χ0v) is 20.0. The summed E-state index contributed by atoms with van der Waals surface area (Å²) in [5.41, 5.74) is -3.74. The predicted molar refractivity (Wildman–Crippen MR) is 110 cm³/mol. The highest BCUT2D eigenvalue weighted by Gasteiger charge is 2.61. The number of hydrogen-bond donors (Lipinski definition) is 0. The maximum atomic E-state index is 13.1. The molecule has 0 aromatic carbocycles. The summed E-state index contributed by atoms with van der Waals surface area (Å²) in [6, 6.07) is 0. The predicted octanol–water partition coefficient (Wildman–Crippen LogP) is 7.29. The number of alkyl halides is 6. The van der Waals surface area contributed by atoms with Crippen LogP contribution in [0.1, 0.15) is 98.8 Å². The molecule has 0 aromatic heterocycles. The molecule has 1 saturated carbocycles. The molecule has 1 atom stereocenters. The second-order valence-corrected chi connectivity index (χ2v) is 10.0. The normalized spacial score (nSPS) is 19.9. The molecule has 0 bridgehead atoms. The highest BCUT2D eigenvalue weighted by Crippen LogP contribution is 2.43. The average Bonchev–Trinajstić information content (AvgIpc) is 2.65. The highest BCUT2D eigenvalue weighted by atomic mass is 19.4. The fourth-order valence-corrected chi connectivity index (χ4v) is 4.37. The molecule has 0 spiro atoms. The van der Waals surface area contributed by atoms with Crippen molar-refractivity contribution in [1.29, 1.82) is 0 Å². The Kier molecular flexibility index (Phi) is 9.71. The lowest BCUT2D eigenvalue weighted by molar-refractivity contribution is -0.315. The Balaban J connectivity index is 3.05. The molecule has 4 nitrogen and oxygen atoms in total. The van der Waals surface area contributed by atoms with Crippen molar-refractivity contribution in [2.45, 2.75) is 123 Å². The van der Waals surface area contributed by atoms with Gasteiger partial charge in [-0.15, -0.1) is 0 Å². The van der Waals surface area contributed by atoms with Gasteiger partial charge < -0.3 is 9.47 Å². The Morgan fingerprint density at radius 1 is 0.818 bits per heavy atom. The molecule has 194 valence electrons. The van der Waals surface area contributed by atoms with Gasteiger partial charge in [-0.25, -0.2) is 0 Å². The first kappa shape index (κ1) is 29.6. The fraction of sp³-hybridized carbons (Fsp3) is 0.913. The molecular formula is C23H36F6O4. The van der Waals surface area contributed by atoms with Crippen molar-refractivity contribution in [2.75, 3.05) is 0 Å². The molecule has 1 rings (SSSR count). The van der Waals surface area contributed by atoms with E-state index >= 15 is 0 Å². The van der Waals surface area contributed by atoms with E-state index in [-0.39, 0.29) is 12.8 Å². The van der Waals surface area contributed by atoms with E-state index in [4.69, 9.17) is 4.74 Å². The monoisotopic (exact) mass is 490 g/mol. The quantitative estimate of drug-likeness (QED) is 0.265. The van der Waals surface area contributed by atoms with E-state index in [0.717, 1.165) is 32.1 Å². The lowest BCUT2D eigenvalue weighted by atomic mass is 9.72. The van der Waals surface area contributed by atoms with Crippen LogP contribution in [0.3, 0.4) is 0 Å². The lowest BCUT2D eigenvalue weighted by Crippen LogP contribution is -2.49. The molecular weight excluding hydrogens is 454 g/mol. The molecule has 1 aliphatic rings. The van der Waals surface area contributed by atoms with E-state index in [1.54, 1.807) is 0 Å². The summed E-state index contributed by atoms with van der Waals surface area (Å²) in [7, 11) is 0. The first-order valence-corrected chi connectivity index (χ1v) is 11.5. The molecule has 1 fully saturated rings. The van der Waals surface area contributed by atoms with Gasteiger partial charge in [0, 0.05) is 0 Å². The SMILES string of the molecule is CCC1(OC(=O)C(C)(C)CC(C)(CC)C(=O)OC(C(F)(F)F)C(F)(F)F)CCCCCCC1. The molecule has 0 aromatic rings. The van der Waals surface area contributed by atoms with Gasteiger partial charge in [-0.1, -0.05) is 33.1 Å². The average molecular weight is 491 g/mol. The molecule has 1 aliphatic carbocycles. The van der Waals surface area contributed by atoms with Gasteiger partial charge in [0.1, 0.15) is 5.60 Å². The molecule has 0 amide bonds. The summed E-state index contributed by atoms with van der Waals surface area (Å²) in [6.45, 7) is 7.53. The summed E-state index contributed by atoms with van der Waals surface area (Å²) in [5.74, 6) is -2.28. The number of carbonyl (C=O) groups is 2. The van der Waals surface area contributed by atoms with Crippen LogP contribution in [0.15, 0.2) is 0 Å². The second kappa shape index (κ2) is 10.8. The standard InChI is InChI=1S/C23H36F6O4/c1-6-20(5,18(31)32-16(22(24,25)26)23(27,28)29)15-19(3,4)17(30)33-21(7-2)13-11-9-8-10-12-14-21/h16H,6-15H2,1-5H3. The zero-order chi connectivity index (χ0) is 25.7. The molecule has 0 radical (unpaired) electrons. The van der Waals surface area contributed by atoms with E-state index in [1.807, 2.05) is 6.92 Å². The molecule has 0 heterocycles. The van der Waals surface area contributed by atoms with Crippen molar-refractivity contribution < 1.29 is 45.4 Å². The van der Waals surface area contributed by atoms with E-state index < -0.39 is 46.8 Å². The van der Waals surface area contributed by atoms with Gasteiger partial charge in [0.05, 0.1) is 10.8 Å². The lowest BCUT2D eigenvalue weighted by Gasteiger charge is -2.39. The van der Waals surface area contributed by atoms with Crippen molar-refractivity contribution in [3.63, 3.8) is 0 Å². The number of esters is 2. The summed E-state index contributed by atoms with van der Waals surface area (Å²) in [6.07, 6.45) is -9.32. The Hall–Kier alpha value is -1.48. The highest BCUT2D eigenvalue weighted by molar-refractivity contribution is 5.80. The van der Waals surface area contributed by atoms with E-state index in [2.05, 4.69) is 4.74 Å². The van der Waals surface area contributed by atoms with Gasteiger partial charge >= 0.3 is 24.3 Å². The second-order valence-electron chi connectivity index (χ2n) is 10.0.